The zero-order valence-electron chi connectivity index (χ0n) is 8.96. The number of halogens is 1. The molecule has 2 rings (SSSR count). The molecule has 0 amide bonds. The van der Waals surface area contributed by atoms with Crippen LogP contribution in [0.5, 0.6) is 0 Å². The summed E-state index contributed by atoms with van der Waals surface area (Å²) in [5.41, 5.74) is 1.61. The molecule has 1 nitrogen and oxygen atoms in total. The summed E-state index contributed by atoms with van der Waals surface area (Å²) in [4.78, 5) is 0. The van der Waals surface area contributed by atoms with Crippen molar-refractivity contribution in [2.45, 2.75) is 31.1 Å². The molecule has 1 aliphatic rings. The van der Waals surface area contributed by atoms with E-state index in [0.717, 1.165) is 22.2 Å². The van der Waals surface area contributed by atoms with Gasteiger partial charge >= 0.3 is 0 Å². The van der Waals surface area contributed by atoms with Crippen molar-refractivity contribution in [2.24, 2.45) is 0 Å². The minimum atomic E-state index is -0.629. The number of rotatable bonds is 1. The SMILES string of the molecule is Cc1cc(C2(O)CCSC2C)ccc1Br. The Morgan fingerprint density at radius 3 is 2.80 bits per heavy atom. The van der Waals surface area contributed by atoms with Crippen LogP contribution in [0.3, 0.4) is 0 Å². The first-order valence-electron chi connectivity index (χ1n) is 5.14. The Morgan fingerprint density at radius 2 is 2.27 bits per heavy atom. The largest absolute Gasteiger partial charge is 0.384 e. The van der Waals surface area contributed by atoms with E-state index in [-0.39, 0.29) is 5.25 Å². The second-order valence-electron chi connectivity index (χ2n) is 4.15. The predicted molar refractivity (Wildman–Crippen MR) is 69.3 cm³/mol. The molecule has 82 valence electrons. The third-order valence-electron chi connectivity index (χ3n) is 3.18. The Bertz CT molecular complexity index is 380. The van der Waals surface area contributed by atoms with Crippen molar-refractivity contribution in [3.8, 4) is 0 Å². The molecule has 0 aliphatic carbocycles. The molecule has 15 heavy (non-hydrogen) atoms. The van der Waals surface area contributed by atoms with Gasteiger partial charge in [-0.2, -0.15) is 11.8 Å². The Balaban J connectivity index is 2.40. The standard InChI is InChI=1S/C12H15BrOS/c1-8-7-10(3-4-11(8)13)12(14)5-6-15-9(12)2/h3-4,7,9,14H,5-6H2,1-2H3. The maximum absolute atomic E-state index is 10.6. The Labute approximate surface area is 103 Å². The maximum Gasteiger partial charge on any atom is 0.102 e. The van der Waals surface area contributed by atoms with Crippen molar-refractivity contribution in [2.75, 3.05) is 5.75 Å². The summed E-state index contributed by atoms with van der Waals surface area (Å²) in [6, 6.07) is 6.14. The molecule has 0 saturated carbocycles. The van der Waals surface area contributed by atoms with E-state index in [4.69, 9.17) is 0 Å². The summed E-state index contributed by atoms with van der Waals surface area (Å²) in [7, 11) is 0. The molecule has 0 spiro atoms. The van der Waals surface area contributed by atoms with E-state index in [1.807, 2.05) is 23.9 Å². The highest BCUT2D eigenvalue weighted by molar-refractivity contribution is 9.10. The summed E-state index contributed by atoms with van der Waals surface area (Å²) >= 11 is 5.33. The van der Waals surface area contributed by atoms with Crippen LogP contribution in [0.15, 0.2) is 22.7 Å². The smallest absolute Gasteiger partial charge is 0.102 e. The molecule has 1 saturated heterocycles. The van der Waals surface area contributed by atoms with Gasteiger partial charge in [-0.1, -0.05) is 35.0 Å². The number of hydrogen-bond acceptors (Lipinski definition) is 2. The highest BCUT2D eigenvalue weighted by Gasteiger charge is 2.40. The van der Waals surface area contributed by atoms with E-state index < -0.39 is 5.60 Å². The first-order chi connectivity index (χ1) is 7.04. The zero-order chi connectivity index (χ0) is 11.1. The minimum Gasteiger partial charge on any atom is -0.384 e. The fourth-order valence-corrected chi connectivity index (χ4v) is 3.58. The average Bonchev–Trinajstić information content (AvgIpc) is 2.53. The molecule has 2 atom stereocenters. The van der Waals surface area contributed by atoms with Gasteiger partial charge in [0.05, 0.1) is 0 Å². The second kappa shape index (κ2) is 4.11. The van der Waals surface area contributed by atoms with Gasteiger partial charge in [-0.05, 0) is 36.3 Å². The first kappa shape index (κ1) is 11.5. The van der Waals surface area contributed by atoms with Gasteiger partial charge in [0.25, 0.3) is 0 Å². The lowest BCUT2D eigenvalue weighted by molar-refractivity contribution is 0.0426. The fourth-order valence-electron chi connectivity index (χ4n) is 2.03. The maximum atomic E-state index is 10.6. The van der Waals surface area contributed by atoms with Gasteiger partial charge in [-0.25, -0.2) is 0 Å². The molecule has 0 radical (unpaired) electrons. The van der Waals surface area contributed by atoms with Crippen LogP contribution in [-0.4, -0.2) is 16.1 Å². The van der Waals surface area contributed by atoms with Gasteiger partial charge in [0.15, 0.2) is 0 Å². The van der Waals surface area contributed by atoms with Crippen LogP contribution in [0.25, 0.3) is 0 Å². The normalized spacial score (nSPS) is 30.8. The minimum absolute atomic E-state index is 0.290. The molecular formula is C12H15BrOS. The van der Waals surface area contributed by atoms with Crippen molar-refractivity contribution in [1.29, 1.82) is 0 Å². The van der Waals surface area contributed by atoms with E-state index in [9.17, 15) is 5.11 Å². The quantitative estimate of drug-likeness (QED) is 0.853. The molecule has 1 heterocycles. The molecule has 0 bridgehead atoms. The fraction of sp³-hybridized carbons (Fsp3) is 0.500. The Kier molecular flexibility index (Phi) is 3.15. The molecule has 1 aromatic carbocycles. The van der Waals surface area contributed by atoms with Gasteiger partial charge < -0.3 is 5.11 Å². The molecule has 2 unspecified atom stereocenters. The van der Waals surface area contributed by atoms with Crippen molar-refractivity contribution >= 4 is 27.7 Å². The van der Waals surface area contributed by atoms with Crippen molar-refractivity contribution in [3.05, 3.63) is 33.8 Å². The van der Waals surface area contributed by atoms with Gasteiger partial charge in [0.2, 0.25) is 0 Å². The summed E-state index contributed by atoms with van der Waals surface area (Å²) < 4.78 is 1.10. The van der Waals surface area contributed by atoms with Crippen LogP contribution < -0.4 is 0 Å². The van der Waals surface area contributed by atoms with E-state index >= 15 is 0 Å². The van der Waals surface area contributed by atoms with E-state index in [2.05, 4.69) is 35.8 Å². The second-order valence-corrected chi connectivity index (χ2v) is 6.45. The first-order valence-corrected chi connectivity index (χ1v) is 6.99. The molecule has 3 heteroatoms. The van der Waals surface area contributed by atoms with Crippen molar-refractivity contribution in [1.82, 2.24) is 0 Å². The number of benzene rings is 1. The van der Waals surface area contributed by atoms with Crippen LogP contribution in [-0.2, 0) is 5.60 Å². The lowest BCUT2D eigenvalue weighted by Gasteiger charge is -2.27. The monoisotopic (exact) mass is 286 g/mol. The lowest BCUT2D eigenvalue weighted by Crippen LogP contribution is -2.31. The number of aryl methyl sites for hydroxylation is 1. The molecule has 1 aliphatic heterocycles. The molecule has 1 fully saturated rings. The molecular weight excluding hydrogens is 272 g/mol. The van der Waals surface area contributed by atoms with E-state index in [1.54, 1.807) is 0 Å². The lowest BCUT2D eigenvalue weighted by atomic mass is 9.88. The topological polar surface area (TPSA) is 20.2 Å². The summed E-state index contributed by atoms with van der Waals surface area (Å²) in [5.74, 6) is 1.05. The molecule has 1 N–H and O–H groups in total. The highest BCUT2D eigenvalue weighted by atomic mass is 79.9. The van der Waals surface area contributed by atoms with Crippen LogP contribution in [0.4, 0.5) is 0 Å². The van der Waals surface area contributed by atoms with Gasteiger partial charge in [-0.3, -0.25) is 0 Å². The van der Waals surface area contributed by atoms with Crippen LogP contribution in [0, 0.1) is 6.92 Å². The predicted octanol–water partition coefficient (Wildman–Crippen LogP) is 3.47. The summed E-state index contributed by atoms with van der Waals surface area (Å²) in [5, 5.41) is 10.9. The van der Waals surface area contributed by atoms with Crippen LogP contribution >= 0.6 is 27.7 Å². The number of hydrogen-bond donors (Lipinski definition) is 1. The van der Waals surface area contributed by atoms with Gasteiger partial charge in [-0.15, -0.1) is 0 Å². The van der Waals surface area contributed by atoms with E-state index in [1.165, 1.54) is 5.56 Å². The summed E-state index contributed by atoms with van der Waals surface area (Å²) in [6.45, 7) is 4.17. The van der Waals surface area contributed by atoms with Crippen molar-refractivity contribution in [3.63, 3.8) is 0 Å². The summed E-state index contributed by atoms with van der Waals surface area (Å²) in [6.07, 6.45) is 0.861. The Hall–Kier alpha value is 0.01000. The Morgan fingerprint density at radius 1 is 1.53 bits per heavy atom. The van der Waals surface area contributed by atoms with Crippen LogP contribution in [0.2, 0.25) is 0 Å². The van der Waals surface area contributed by atoms with Crippen molar-refractivity contribution < 1.29 is 5.11 Å². The number of aliphatic hydroxyl groups is 1. The number of thioether (sulfide) groups is 1. The molecule has 0 aromatic heterocycles. The third kappa shape index (κ3) is 1.97. The zero-order valence-corrected chi connectivity index (χ0v) is 11.4. The molecule has 1 aromatic rings. The average molecular weight is 287 g/mol. The van der Waals surface area contributed by atoms with Crippen LogP contribution in [0.1, 0.15) is 24.5 Å². The van der Waals surface area contributed by atoms with E-state index in [0.29, 0.717) is 0 Å². The van der Waals surface area contributed by atoms with Gasteiger partial charge in [0.1, 0.15) is 5.60 Å². The van der Waals surface area contributed by atoms with Gasteiger partial charge in [0, 0.05) is 9.72 Å². The highest BCUT2D eigenvalue weighted by Crippen LogP contribution is 2.43. The third-order valence-corrected chi connectivity index (χ3v) is 5.40.